The van der Waals surface area contributed by atoms with Gasteiger partial charge in [-0.05, 0) is 38.0 Å². The van der Waals surface area contributed by atoms with Gasteiger partial charge in [0, 0.05) is 24.9 Å². The van der Waals surface area contributed by atoms with E-state index in [0.29, 0.717) is 12.5 Å². The van der Waals surface area contributed by atoms with E-state index >= 15 is 0 Å². The van der Waals surface area contributed by atoms with Crippen LogP contribution in [-0.2, 0) is 6.54 Å². The summed E-state index contributed by atoms with van der Waals surface area (Å²) in [5, 5.41) is 11.9. The molecule has 0 aliphatic heterocycles. The van der Waals surface area contributed by atoms with Gasteiger partial charge in [0.1, 0.15) is 5.82 Å². The van der Waals surface area contributed by atoms with Gasteiger partial charge in [0.05, 0.1) is 17.4 Å². The fourth-order valence-electron chi connectivity index (χ4n) is 1.94. The zero-order valence-corrected chi connectivity index (χ0v) is 11.0. The Balaban J connectivity index is 1.56. The van der Waals surface area contributed by atoms with E-state index in [1.54, 1.807) is 12.4 Å². The molecule has 3 rings (SSSR count). The minimum absolute atomic E-state index is 0.103. The van der Waals surface area contributed by atoms with Crippen LogP contribution in [0.3, 0.4) is 0 Å². The second-order valence-corrected chi connectivity index (χ2v) is 4.93. The van der Waals surface area contributed by atoms with Crippen molar-refractivity contribution in [3.05, 3.63) is 47.8 Å². The third-order valence-corrected chi connectivity index (χ3v) is 3.30. The summed E-state index contributed by atoms with van der Waals surface area (Å²) in [6.45, 7) is 2.72. The highest BCUT2D eigenvalue weighted by Crippen LogP contribution is 2.38. The van der Waals surface area contributed by atoms with Gasteiger partial charge in [-0.1, -0.05) is 0 Å². The molecule has 5 nitrogen and oxygen atoms in total. The van der Waals surface area contributed by atoms with E-state index in [1.165, 1.54) is 12.8 Å². The highest BCUT2D eigenvalue weighted by molar-refractivity contribution is 5.15. The minimum Gasteiger partial charge on any atom is -0.302 e. The average molecular weight is 255 g/mol. The Morgan fingerprint density at radius 1 is 1.21 bits per heavy atom. The normalized spacial score (nSPS) is 16.3. The molecule has 1 atom stereocenters. The summed E-state index contributed by atoms with van der Waals surface area (Å²) in [5.41, 5.74) is 2.08. The molecule has 19 heavy (non-hydrogen) atoms. The Morgan fingerprint density at radius 3 is 2.63 bits per heavy atom. The third-order valence-electron chi connectivity index (χ3n) is 3.30. The van der Waals surface area contributed by atoms with Crippen LogP contribution in [0.25, 0.3) is 0 Å². The maximum absolute atomic E-state index is 4.27. The SMILES string of the molecule is C[C@@H](NCc1ccc(C2CC2)nn1)c1ncccn1. The molecule has 1 N–H and O–H groups in total. The van der Waals surface area contributed by atoms with Gasteiger partial charge in [-0.2, -0.15) is 10.2 Å². The highest BCUT2D eigenvalue weighted by Gasteiger charge is 2.25. The molecule has 1 aliphatic carbocycles. The molecule has 0 spiro atoms. The van der Waals surface area contributed by atoms with Gasteiger partial charge in [0.2, 0.25) is 0 Å². The van der Waals surface area contributed by atoms with E-state index in [0.717, 1.165) is 17.2 Å². The van der Waals surface area contributed by atoms with E-state index in [-0.39, 0.29) is 6.04 Å². The van der Waals surface area contributed by atoms with Crippen LogP contribution in [0.2, 0.25) is 0 Å². The van der Waals surface area contributed by atoms with Crippen LogP contribution >= 0.6 is 0 Å². The van der Waals surface area contributed by atoms with E-state index in [4.69, 9.17) is 0 Å². The lowest BCUT2D eigenvalue weighted by Gasteiger charge is -2.11. The van der Waals surface area contributed by atoms with Crippen molar-refractivity contribution < 1.29 is 0 Å². The summed E-state index contributed by atoms with van der Waals surface area (Å²) in [7, 11) is 0. The van der Waals surface area contributed by atoms with E-state index in [9.17, 15) is 0 Å². The molecule has 1 aliphatic rings. The van der Waals surface area contributed by atoms with E-state index in [2.05, 4.69) is 31.5 Å². The third kappa shape index (κ3) is 3.12. The summed E-state index contributed by atoms with van der Waals surface area (Å²) in [5.74, 6) is 1.45. The molecule has 1 fully saturated rings. The topological polar surface area (TPSA) is 63.6 Å². The van der Waals surface area contributed by atoms with Gasteiger partial charge in [0.15, 0.2) is 0 Å². The summed E-state index contributed by atoms with van der Waals surface area (Å²) < 4.78 is 0. The number of nitrogens with zero attached hydrogens (tertiary/aromatic N) is 4. The Bertz CT molecular complexity index is 521. The molecule has 5 heteroatoms. The van der Waals surface area contributed by atoms with Gasteiger partial charge < -0.3 is 5.32 Å². The molecule has 0 aromatic carbocycles. The van der Waals surface area contributed by atoms with Crippen LogP contribution in [0.1, 0.15) is 48.9 Å². The molecule has 2 aromatic heterocycles. The van der Waals surface area contributed by atoms with Crippen LogP contribution in [0.4, 0.5) is 0 Å². The summed E-state index contributed by atoms with van der Waals surface area (Å²) >= 11 is 0. The molecular formula is C14H17N5. The first-order valence-corrected chi connectivity index (χ1v) is 6.66. The Labute approximate surface area is 112 Å². The standard InChI is InChI=1S/C14H17N5/c1-10(14-15-7-2-8-16-14)17-9-12-5-6-13(19-18-12)11-3-4-11/h2,5-8,10-11,17H,3-4,9H2,1H3/t10-/m1/s1. The second-order valence-electron chi connectivity index (χ2n) is 4.93. The van der Waals surface area contributed by atoms with Gasteiger partial charge in [0.25, 0.3) is 0 Å². The van der Waals surface area contributed by atoms with Crippen molar-refractivity contribution in [3.8, 4) is 0 Å². The summed E-state index contributed by atoms with van der Waals surface area (Å²) in [6, 6.07) is 6.06. The van der Waals surface area contributed by atoms with Crippen molar-refractivity contribution >= 4 is 0 Å². The largest absolute Gasteiger partial charge is 0.302 e. The Kier molecular flexibility index (Phi) is 3.46. The van der Waals surface area contributed by atoms with E-state index in [1.807, 2.05) is 19.1 Å². The van der Waals surface area contributed by atoms with Crippen molar-refractivity contribution in [3.63, 3.8) is 0 Å². The van der Waals surface area contributed by atoms with Crippen LogP contribution in [0.15, 0.2) is 30.6 Å². The molecule has 1 saturated carbocycles. The molecule has 2 heterocycles. The smallest absolute Gasteiger partial charge is 0.144 e. The monoisotopic (exact) mass is 255 g/mol. The number of aromatic nitrogens is 4. The fourth-order valence-corrected chi connectivity index (χ4v) is 1.94. The summed E-state index contributed by atoms with van der Waals surface area (Å²) in [6.07, 6.45) is 6.03. The predicted molar refractivity (Wildman–Crippen MR) is 71.3 cm³/mol. The molecule has 98 valence electrons. The van der Waals surface area contributed by atoms with Gasteiger partial charge >= 0.3 is 0 Å². The number of rotatable bonds is 5. The predicted octanol–water partition coefficient (Wildman–Crippen LogP) is 1.99. The van der Waals surface area contributed by atoms with Gasteiger partial charge in [-0.25, -0.2) is 9.97 Å². The van der Waals surface area contributed by atoms with Crippen LogP contribution in [-0.4, -0.2) is 20.2 Å². The highest BCUT2D eigenvalue weighted by atomic mass is 15.1. The zero-order valence-electron chi connectivity index (χ0n) is 11.0. The van der Waals surface area contributed by atoms with Gasteiger partial charge in [-0.15, -0.1) is 0 Å². The second kappa shape index (κ2) is 5.40. The zero-order chi connectivity index (χ0) is 13.1. The van der Waals surface area contributed by atoms with Gasteiger partial charge in [-0.3, -0.25) is 0 Å². The average Bonchev–Trinajstić information content (AvgIpc) is 3.31. The maximum Gasteiger partial charge on any atom is 0.144 e. The first-order chi connectivity index (χ1) is 9.33. The van der Waals surface area contributed by atoms with Crippen molar-refractivity contribution in [1.82, 2.24) is 25.5 Å². The Morgan fingerprint density at radius 2 is 2.00 bits per heavy atom. The number of hydrogen-bond donors (Lipinski definition) is 1. The molecule has 0 saturated heterocycles. The molecular weight excluding hydrogens is 238 g/mol. The number of nitrogens with one attached hydrogen (secondary N) is 1. The number of hydrogen-bond acceptors (Lipinski definition) is 5. The lowest BCUT2D eigenvalue weighted by atomic mass is 10.2. The van der Waals surface area contributed by atoms with Crippen LogP contribution < -0.4 is 5.32 Å². The molecule has 0 amide bonds. The molecule has 0 bridgehead atoms. The quantitative estimate of drug-likeness (QED) is 0.885. The van der Waals surface area contributed by atoms with Crippen LogP contribution in [0, 0.1) is 0 Å². The lowest BCUT2D eigenvalue weighted by Crippen LogP contribution is -2.20. The fraction of sp³-hybridized carbons (Fsp3) is 0.429. The molecule has 2 aromatic rings. The maximum atomic E-state index is 4.27. The van der Waals surface area contributed by atoms with Crippen molar-refractivity contribution in [2.24, 2.45) is 0 Å². The van der Waals surface area contributed by atoms with Crippen LogP contribution in [0.5, 0.6) is 0 Å². The lowest BCUT2D eigenvalue weighted by molar-refractivity contribution is 0.537. The Hall–Kier alpha value is -1.88. The van der Waals surface area contributed by atoms with Crippen molar-refractivity contribution in [2.75, 3.05) is 0 Å². The minimum atomic E-state index is 0.103. The first-order valence-electron chi connectivity index (χ1n) is 6.66. The van der Waals surface area contributed by atoms with Crippen molar-refractivity contribution in [1.29, 1.82) is 0 Å². The van der Waals surface area contributed by atoms with E-state index < -0.39 is 0 Å². The van der Waals surface area contributed by atoms with Crippen molar-refractivity contribution in [2.45, 2.75) is 38.3 Å². The summed E-state index contributed by atoms with van der Waals surface area (Å²) in [4.78, 5) is 8.45. The first kappa shape index (κ1) is 12.2. The molecule has 0 unspecified atom stereocenters. The molecule has 0 radical (unpaired) electrons.